The Bertz CT molecular complexity index is 916. The van der Waals surface area contributed by atoms with Crippen molar-refractivity contribution in [2.45, 2.75) is 6.18 Å². The molecule has 0 N–H and O–H groups in total. The van der Waals surface area contributed by atoms with Crippen LogP contribution in [0.3, 0.4) is 0 Å². The summed E-state index contributed by atoms with van der Waals surface area (Å²) in [6.45, 7) is 0. The number of hydrogen-bond acceptors (Lipinski definition) is 4. The zero-order valence-corrected chi connectivity index (χ0v) is 13.0. The molecule has 4 nitrogen and oxygen atoms in total. The third kappa shape index (κ3) is 3.40. The van der Waals surface area contributed by atoms with Gasteiger partial charge < -0.3 is 9.26 Å². The maximum absolute atomic E-state index is 12.8. The number of aromatic nitrogens is 1. The number of carbonyl (C=O) groups excluding carboxylic acids is 1. The molecule has 128 valence electrons. The highest BCUT2D eigenvalue weighted by Crippen LogP contribution is 2.33. The number of methoxy groups -OCH3 is 1. The van der Waals surface area contributed by atoms with Gasteiger partial charge in [-0.2, -0.15) is 13.2 Å². The van der Waals surface area contributed by atoms with Crippen LogP contribution in [0.1, 0.15) is 15.9 Å². The summed E-state index contributed by atoms with van der Waals surface area (Å²) in [6.07, 6.45) is -4.44. The fourth-order valence-electron chi connectivity index (χ4n) is 2.38. The largest absolute Gasteiger partial charge is 0.465 e. The van der Waals surface area contributed by atoms with E-state index in [1.54, 1.807) is 24.3 Å². The molecule has 0 fully saturated rings. The van der Waals surface area contributed by atoms with Gasteiger partial charge >= 0.3 is 12.1 Å². The molecule has 25 heavy (non-hydrogen) atoms. The van der Waals surface area contributed by atoms with Crippen molar-refractivity contribution in [2.75, 3.05) is 7.11 Å². The minimum Gasteiger partial charge on any atom is -0.465 e. The van der Waals surface area contributed by atoms with Gasteiger partial charge in [-0.25, -0.2) is 4.79 Å². The van der Waals surface area contributed by atoms with Crippen LogP contribution < -0.4 is 0 Å². The molecule has 0 radical (unpaired) electrons. The van der Waals surface area contributed by atoms with Crippen molar-refractivity contribution in [3.63, 3.8) is 0 Å². The molecule has 3 aromatic rings. The third-order valence-electron chi connectivity index (χ3n) is 3.59. The Kier molecular flexibility index (Phi) is 4.31. The van der Waals surface area contributed by atoms with Gasteiger partial charge in [-0.3, -0.25) is 0 Å². The number of benzene rings is 2. The number of nitrogens with zero attached hydrogens (tertiary/aromatic N) is 1. The van der Waals surface area contributed by atoms with Gasteiger partial charge in [0.25, 0.3) is 0 Å². The molecule has 0 spiro atoms. The lowest BCUT2D eigenvalue weighted by Crippen LogP contribution is -2.04. The molecule has 0 amide bonds. The van der Waals surface area contributed by atoms with E-state index in [4.69, 9.17) is 9.26 Å². The molecule has 0 aliphatic carbocycles. The van der Waals surface area contributed by atoms with Crippen LogP contribution in [-0.4, -0.2) is 18.2 Å². The molecular formula is C18H12F3NO3. The van der Waals surface area contributed by atoms with Gasteiger partial charge in [-0.05, 0) is 18.2 Å². The molecule has 7 heteroatoms. The number of esters is 1. The summed E-state index contributed by atoms with van der Waals surface area (Å²) in [6, 6.07) is 12.8. The second kappa shape index (κ2) is 6.43. The molecule has 3 rings (SSSR count). The Morgan fingerprint density at radius 2 is 1.84 bits per heavy atom. The van der Waals surface area contributed by atoms with Crippen LogP contribution in [0.25, 0.3) is 22.6 Å². The maximum Gasteiger partial charge on any atom is 0.416 e. The average molecular weight is 347 g/mol. The van der Waals surface area contributed by atoms with Gasteiger partial charge in [-0.1, -0.05) is 35.5 Å². The number of hydrogen-bond donors (Lipinski definition) is 0. The van der Waals surface area contributed by atoms with E-state index in [0.29, 0.717) is 5.56 Å². The first-order valence-electron chi connectivity index (χ1n) is 7.22. The zero-order valence-electron chi connectivity index (χ0n) is 13.0. The lowest BCUT2D eigenvalue weighted by molar-refractivity contribution is -0.137. The van der Waals surface area contributed by atoms with Crippen molar-refractivity contribution in [3.8, 4) is 22.6 Å². The normalized spacial score (nSPS) is 11.4. The predicted octanol–water partition coefficient (Wildman–Crippen LogP) is 4.81. The van der Waals surface area contributed by atoms with Gasteiger partial charge in [-0.15, -0.1) is 0 Å². The summed E-state index contributed by atoms with van der Waals surface area (Å²) < 4.78 is 48.5. The number of rotatable bonds is 3. The highest BCUT2D eigenvalue weighted by atomic mass is 19.4. The molecule has 0 saturated heterocycles. The highest BCUT2D eigenvalue weighted by Gasteiger charge is 2.30. The van der Waals surface area contributed by atoms with Crippen LogP contribution in [-0.2, 0) is 10.9 Å². The van der Waals surface area contributed by atoms with E-state index in [9.17, 15) is 18.0 Å². The van der Waals surface area contributed by atoms with Crippen LogP contribution in [0.2, 0.25) is 0 Å². The van der Waals surface area contributed by atoms with E-state index in [2.05, 4.69) is 5.16 Å². The zero-order chi connectivity index (χ0) is 18.0. The van der Waals surface area contributed by atoms with Crippen LogP contribution in [0.4, 0.5) is 13.2 Å². The molecule has 0 unspecified atom stereocenters. The second-order valence-electron chi connectivity index (χ2n) is 5.19. The SMILES string of the molecule is COC(=O)c1ccccc1-c1cc(-c2cccc(C(F)(F)F)c2)no1. The summed E-state index contributed by atoms with van der Waals surface area (Å²) >= 11 is 0. The smallest absolute Gasteiger partial charge is 0.416 e. The van der Waals surface area contributed by atoms with Gasteiger partial charge in [0.1, 0.15) is 5.69 Å². The van der Waals surface area contributed by atoms with Crippen LogP contribution >= 0.6 is 0 Å². The molecule has 0 bridgehead atoms. The van der Waals surface area contributed by atoms with Crippen LogP contribution in [0.15, 0.2) is 59.1 Å². The second-order valence-corrected chi connectivity index (χ2v) is 5.19. The molecule has 1 heterocycles. The minimum atomic E-state index is -4.44. The average Bonchev–Trinajstić information content (AvgIpc) is 3.10. The van der Waals surface area contributed by atoms with Crippen LogP contribution in [0, 0.1) is 0 Å². The van der Waals surface area contributed by atoms with Crippen molar-refractivity contribution >= 4 is 5.97 Å². The minimum absolute atomic E-state index is 0.237. The summed E-state index contributed by atoms with van der Waals surface area (Å²) in [5.74, 6) is -0.291. The van der Waals surface area contributed by atoms with Crippen molar-refractivity contribution in [1.82, 2.24) is 5.16 Å². The fraction of sp³-hybridized carbons (Fsp3) is 0.111. The molecule has 1 aromatic heterocycles. The standard InChI is InChI=1S/C18H12F3NO3/c1-24-17(23)14-8-3-2-7-13(14)16-10-15(22-25-16)11-5-4-6-12(9-11)18(19,20)21/h2-10H,1H3. The first-order chi connectivity index (χ1) is 11.9. The van der Waals surface area contributed by atoms with E-state index in [0.717, 1.165) is 12.1 Å². The lowest BCUT2D eigenvalue weighted by atomic mass is 10.0. The van der Waals surface area contributed by atoms with Crippen molar-refractivity contribution < 1.29 is 27.2 Å². The van der Waals surface area contributed by atoms with Gasteiger partial charge in [0.05, 0.1) is 18.2 Å². The number of halogens is 3. The van der Waals surface area contributed by atoms with Crippen LogP contribution in [0.5, 0.6) is 0 Å². The summed E-state index contributed by atoms with van der Waals surface area (Å²) in [5.41, 5.74) is 0.447. The Hall–Kier alpha value is -3.09. The molecule has 2 aromatic carbocycles. The predicted molar refractivity (Wildman–Crippen MR) is 83.7 cm³/mol. The molecule has 0 aliphatic rings. The molecular weight excluding hydrogens is 335 g/mol. The van der Waals surface area contributed by atoms with E-state index < -0.39 is 17.7 Å². The summed E-state index contributed by atoms with van der Waals surface area (Å²) in [7, 11) is 1.26. The Labute approximate surface area is 140 Å². The Morgan fingerprint density at radius 1 is 1.08 bits per heavy atom. The van der Waals surface area contributed by atoms with Gasteiger partial charge in [0.2, 0.25) is 0 Å². The number of alkyl halides is 3. The van der Waals surface area contributed by atoms with E-state index in [-0.39, 0.29) is 22.6 Å². The third-order valence-corrected chi connectivity index (χ3v) is 3.59. The molecule has 0 atom stereocenters. The Balaban J connectivity index is 2.01. The summed E-state index contributed by atoms with van der Waals surface area (Å²) in [4.78, 5) is 11.8. The maximum atomic E-state index is 12.8. The van der Waals surface area contributed by atoms with Crippen molar-refractivity contribution in [3.05, 3.63) is 65.7 Å². The van der Waals surface area contributed by atoms with E-state index >= 15 is 0 Å². The summed E-state index contributed by atoms with van der Waals surface area (Å²) in [5, 5.41) is 3.82. The quantitative estimate of drug-likeness (QED) is 0.638. The van der Waals surface area contributed by atoms with E-state index in [1.165, 1.54) is 25.3 Å². The van der Waals surface area contributed by atoms with Gasteiger partial charge in [0.15, 0.2) is 5.76 Å². The van der Waals surface area contributed by atoms with E-state index in [1.807, 2.05) is 0 Å². The van der Waals surface area contributed by atoms with Crippen molar-refractivity contribution in [2.24, 2.45) is 0 Å². The first kappa shape index (κ1) is 16.8. The fourth-order valence-corrected chi connectivity index (χ4v) is 2.38. The van der Waals surface area contributed by atoms with Crippen molar-refractivity contribution in [1.29, 1.82) is 0 Å². The highest BCUT2D eigenvalue weighted by molar-refractivity contribution is 5.96. The monoisotopic (exact) mass is 347 g/mol. The molecule has 0 saturated carbocycles. The number of ether oxygens (including phenoxy) is 1. The van der Waals surface area contributed by atoms with Gasteiger partial charge in [0, 0.05) is 17.2 Å². The molecule has 0 aliphatic heterocycles. The lowest BCUT2D eigenvalue weighted by Gasteiger charge is -2.07. The topological polar surface area (TPSA) is 52.3 Å². The first-order valence-corrected chi connectivity index (χ1v) is 7.22. The number of carbonyl (C=O) groups is 1. The Morgan fingerprint density at radius 3 is 2.56 bits per heavy atom.